The summed E-state index contributed by atoms with van der Waals surface area (Å²) >= 11 is 5.99. The van der Waals surface area contributed by atoms with Gasteiger partial charge in [0.25, 0.3) is 0 Å². The van der Waals surface area contributed by atoms with Gasteiger partial charge in [-0.1, -0.05) is 0 Å². The molecule has 1 N–H and O–H groups in total. The normalized spacial score (nSPS) is 15.5. The minimum Gasteiger partial charge on any atom is -0.455 e. The van der Waals surface area contributed by atoms with Gasteiger partial charge in [0.15, 0.2) is 5.69 Å². The number of rotatable bonds is 1. The number of ether oxygens (including phenoxy) is 1. The minimum atomic E-state index is -0.526. The Bertz CT molecular complexity index is 448. The lowest BCUT2D eigenvalue weighted by Crippen LogP contribution is -2.30. The molecule has 6 heteroatoms. The van der Waals surface area contributed by atoms with Crippen LogP contribution in [-0.4, -0.2) is 27.7 Å². The molecule has 0 aromatic carbocycles. The molecule has 94 valence electrons. The molecule has 0 bridgehead atoms. The van der Waals surface area contributed by atoms with Crippen LogP contribution in [0.3, 0.4) is 0 Å². The topological polar surface area (TPSA) is 56.1 Å². The van der Waals surface area contributed by atoms with E-state index in [1.807, 2.05) is 25.3 Å². The molecule has 0 unspecified atom stereocenters. The standard InChI is InChI=1S/C11H16ClN3O2/c1-11(2,3)17-9(16)8-7-6-13-4-5-15(7)10(12)14-8/h13H,4-6H2,1-3H3. The highest BCUT2D eigenvalue weighted by molar-refractivity contribution is 6.28. The summed E-state index contributed by atoms with van der Waals surface area (Å²) in [6.45, 7) is 7.63. The molecule has 1 aliphatic heterocycles. The van der Waals surface area contributed by atoms with Crippen molar-refractivity contribution in [2.75, 3.05) is 6.54 Å². The Morgan fingerprint density at radius 2 is 2.24 bits per heavy atom. The maximum Gasteiger partial charge on any atom is 0.359 e. The second-order valence-electron chi connectivity index (χ2n) is 5.01. The number of hydrogen-bond donors (Lipinski definition) is 1. The van der Waals surface area contributed by atoms with Crippen LogP contribution in [-0.2, 0) is 17.8 Å². The molecule has 0 aliphatic carbocycles. The smallest absolute Gasteiger partial charge is 0.359 e. The average molecular weight is 258 g/mol. The molecule has 0 radical (unpaired) electrons. The van der Waals surface area contributed by atoms with E-state index in [9.17, 15) is 4.79 Å². The molecule has 0 amide bonds. The van der Waals surface area contributed by atoms with Crippen molar-refractivity contribution in [3.05, 3.63) is 16.7 Å². The van der Waals surface area contributed by atoms with E-state index in [1.54, 1.807) is 0 Å². The number of imidazole rings is 1. The largest absolute Gasteiger partial charge is 0.455 e. The van der Waals surface area contributed by atoms with Crippen LogP contribution in [0.2, 0.25) is 5.28 Å². The fourth-order valence-corrected chi connectivity index (χ4v) is 2.02. The quantitative estimate of drug-likeness (QED) is 0.777. The van der Waals surface area contributed by atoms with Gasteiger partial charge in [0.2, 0.25) is 5.28 Å². The molecule has 0 fully saturated rings. The van der Waals surface area contributed by atoms with Crippen LogP contribution < -0.4 is 5.32 Å². The summed E-state index contributed by atoms with van der Waals surface area (Å²) in [4.78, 5) is 16.1. The Balaban J connectivity index is 2.30. The number of esters is 1. The molecule has 17 heavy (non-hydrogen) atoms. The first-order chi connectivity index (χ1) is 7.88. The lowest BCUT2D eigenvalue weighted by Gasteiger charge is -2.20. The van der Waals surface area contributed by atoms with Gasteiger partial charge in [-0.25, -0.2) is 9.78 Å². The van der Waals surface area contributed by atoms with Gasteiger partial charge >= 0.3 is 5.97 Å². The lowest BCUT2D eigenvalue weighted by atomic mass is 10.2. The van der Waals surface area contributed by atoms with Crippen LogP contribution in [0.4, 0.5) is 0 Å². The third-order valence-electron chi connectivity index (χ3n) is 2.42. The fourth-order valence-electron chi connectivity index (χ4n) is 1.75. The highest BCUT2D eigenvalue weighted by atomic mass is 35.5. The summed E-state index contributed by atoms with van der Waals surface area (Å²) in [5, 5.41) is 3.53. The number of nitrogens with zero attached hydrogens (tertiary/aromatic N) is 2. The molecule has 0 spiro atoms. The summed E-state index contributed by atoms with van der Waals surface area (Å²) in [5.74, 6) is -0.420. The molecule has 0 saturated heterocycles. The van der Waals surface area contributed by atoms with Gasteiger partial charge in [-0.05, 0) is 32.4 Å². The van der Waals surface area contributed by atoms with E-state index >= 15 is 0 Å². The van der Waals surface area contributed by atoms with Gasteiger partial charge in [0.05, 0.1) is 5.69 Å². The van der Waals surface area contributed by atoms with Crippen molar-refractivity contribution in [2.24, 2.45) is 0 Å². The maximum atomic E-state index is 12.0. The predicted molar refractivity (Wildman–Crippen MR) is 64.1 cm³/mol. The lowest BCUT2D eigenvalue weighted by molar-refractivity contribution is 0.00616. The van der Waals surface area contributed by atoms with Gasteiger partial charge in [-0.2, -0.15) is 0 Å². The summed E-state index contributed by atoms with van der Waals surface area (Å²) < 4.78 is 7.15. The van der Waals surface area contributed by atoms with Crippen LogP contribution in [0.1, 0.15) is 37.0 Å². The SMILES string of the molecule is CC(C)(C)OC(=O)c1nc(Cl)n2c1CNCC2. The minimum absolute atomic E-state index is 0.317. The molecule has 2 rings (SSSR count). The fraction of sp³-hybridized carbons (Fsp3) is 0.636. The van der Waals surface area contributed by atoms with E-state index in [0.717, 1.165) is 18.8 Å². The first kappa shape index (κ1) is 12.4. The van der Waals surface area contributed by atoms with Crippen LogP contribution in [0.25, 0.3) is 0 Å². The number of carbonyl (C=O) groups is 1. The highest BCUT2D eigenvalue weighted by Gasteiger charge is 2.27. The van der Waals surface area contributed by atoms with Crippen molar-refractivity contribution in [2.45, 2.75) is 39.5 Å². The van der Waals surface area contributed by atoms with Gasteiger partial charge < -0.3 is 14.6 Å². The monoisotopic (exact) mass is 257 g/mol. The first-order valence-electron chi connectivity index (χ1n) is 5.57. The van der Waals surface area contributed by atoms with E-state index in [2.05, 4.69) is 10.3 Å². The number of aromatic nitrogens is 2. The highest BCUT2D eigenvalue weighted by Crippen LogP contribution is 2.21. The van der Waals surface area contributed by atoms with Gasteiger partial charge in [-0.15, -0.1) is 0 Å². The van der Waals surface area contributed by atoms with Gasteiger partial charge in [-0.3, -0.25) is 0 Å². The van der Waals surface area contributed by atoms with Crippen molar-refractivity contribution in [1.82, 2.24) is 14.9 Å². The molecular weight excluding hydrogens is 242 g/mol. The van der Waals surface area contributed by atoms with Crippen LogP contribution in [0.15, 0.2) is 0 Å². The number of carbonyl (C=O) groups excluding carboxylic acids is 1. The van der Waals surface area contributed by atoms with E-state index in [4.69, 9.17) is 16.3 Å². The summed E-state index contributed by atoms with van der Waals surface area (Å²) in [6, 6.07) is 0. The van der Waals surface area contributed by atoms with E-state index in [-0.39, 0.29) is 0 Å². The number of fused-ring (bicyclic) bond motifs is 1. The van der Waals surface area contributed by atoms with Gasteiger partial charge in [0.1, 0.15) is 5.60 Å². The second kappa shape index (κ2) is 4.31. The van der Waals surface area contributed by atoms with E-state index in [1.165, 1.54) is 0 Å². The Kier molecular flexibility index (Phi) is 3.14. The Labute approximate surface area is 105 Å². The number of nitrogens with one attached hydrogen (secondary N) is 1. The zero-order valence-corrected chi connectivity index (χ0v) is 11.0. The molecule has 1 aromatic heterocycles. The molecule has 1 aliphatic rings. The van der Waals surface area contributed by atoms with E-state index in [0.29, 0.717) is 17.5 Å². The Morgan fingerprint density at radius 1 is 1.53 bits per heavy atom. The Hall–Kier alpha value is -1.07. The summed E-state index contributed by atoms with van der Waals surface area (Å²) in [7, 11) is 0. The zero-order chi connectivity index (χ0) is 12.6. The van der Waals surface area contributed by atoms with Crippen molar-refractivity contribution < 1.29 is 9.53 Å². The second-order valence-corrected chi connectivity index (χ2v) is 5.34. The molecule has 0 saturated carbocycles. The summed E-state index contributed by atoms with van der Waals surface area (Å²) in [5.41, 5.74) is 0.593. The first-order valence-corrected chi connectivity index (χ1v) is 5.95. The Morgan fingerprint density at radius 3 is 2.88 bits per heavy atom. The molecular formula is C11H16ClN3O2. The van der Waals surface area contributed by atoms with Crippen LogP contribution in [0, 0.1) is 0 Å². The number of hydrogen-bond acceptors (Lipinski definition) is 4. The molecule has 0 atom stereocenters. The van der Waals surface area contributed by atoms with Crippen LogP contribution in [0.5, 0.6) is 0 Å². The molecule has 2 heterocycles. The molecule has 5 nitrogen and oxygen atoms in total. The van der Waals surface area contributed by atoms with Crippen molar-refractivity contribution in [1.29, 1.82) is 0 Å². The van der Waals surface area contributed by atoms with Crippen molar-refractivity contribution >= 4 is 17.6 Å². The predicted octanol–water partition coefficient (Wildman–Crippen LogP) is 1.59. The third-order valence-corrected chi connectivity index (χ3v) is 2.71. The zero-order valence-electron chi connectivity index (χ0n) is 10.2. The van der Waals surface area contributed by atoms with Gasteiger partial charge in [0, 0.05) is 19.6 Å². The average Bonchev–Trinajstić information content (AvgIpc) is 2.55. The maximum absolute atomic E-state index is 12.0. The van der Waals surface area contributed by atoms with Crippen molar-refractivity contribution in [3.63, 3.8) is 0 Å². The van der Waals surface area contributed by atoms with Crippen molar-refractivity contribution in [3.8, 4) is 0 Å². The third kappa shape index (κ3) is 2.61. The number of halogens is 1. The summed E-state index contributed by atoms with van der Waals surface area (Å²) in [6.07, 6.45) is 0. The van der Waals surface area contributed by atoms with E-state index < -0.39 is 11.6 Å². The van der Waals surface area contributed by atoms with Crippen LogP contribution >= 0.6 is 11.6 Å². The molecule has 1 aromatic rings.